The molecule has 0 radical (unpaired) electrons. The van der Waals surface area contributed by atoms with Crippen LogP contribution in [0.4, 0.5) is 15.8 Å². The zero-order chi connectivity index (χ0) is 14.0. The van der Waals surface area contributed by atoms with Gasteiger partial charge in [0.15, 0.2) is 0 Å². The molecular formula is C13H9Cl2FN2O. The maximum absolute atomic E-state index is 13.1. The molecule has 0 atom stereocenters. The monoisotopic (exact) mass is 298 g/mol. The number of benzene rings is 2. The first-order valence-electron chi connectivity index (χ1n) is 5.28. The Morgan fingerprint density at radius 3 is 2.47 bits per heavy atom. The normalized spacial score (nSPS) is 10.3. The Hall–Kier alpha value is -1.78. The van der Waals surface area contributed by atoms with Gasteiger partial charge in [-0.1, -0.05) is 23.2 Å². The summed E-state index contributed by atoms with van der Waals surface area (Å²) >= 11 is 11.4. The fraction of sp³-hybridized carbons (Fsp3) is 0. The van der Waals surface area contributed by atoms with Gasteiger partial charge in [0.05, 0.1) is 5.56 Å². The average Bonchev–Trinajstić information content (AvgIpc) is 2.26. The molecule has 6 heteroatoms. The molecule has 0 saturated carbocycles. The summed E-state index contributed by atoms with van der Waals surface area (Å²) in [5, 5.41) is 3.14. The van der Waals surface area contributed by atoms with Crippen molar-refractivity contribution in [2.24, 2.45) is 0 Å². The number of carbonyl (C=O) groups excluding carboxylic acids is 1. The lowest BCUT2D eigenvalue weighted by Gasteiger charge is -2.08. The van der Waals surface area contributed by atoms with Crippen molar-refractivity contribution >= 4 is 40.5 Å². The van der Waals surface area contributed by atoms with E-state index in [2.05, 4.69) is 5.32 Å². The number of anilines is 2. The number of rotatable bonds is 2. The van der Waals surface area contributed by atoms with Crippen LogP contribution in [0.5, 0.6) is 0 Å². The predicted molar refractivity (Wildman–Crippen MR) is 75.2 cm³/mol. The first-order chi connectivity index (χ1) is 8.95. The smallest absolute Gasteiger partial charge is 0.257 e. The van der Waals surface area contributed by atoms with Gasteiger partial charge in [0.1, 0.15) is 5.82 Å². The first-order valence-corrected chi connectivity index (χ1v) is 6.04. The summed E-state index contributed by atoms with van der Waals surface area (Å²) in [5.74, 6) is -0.997. The molecule has 0 spiro atoms. The Labute approximate surface area is 119 Å². The Morgan fingerprint density at radius 2 is 1.84 bits per heavy atom. The largest absolute Gasteiger partial charge is 0.398 e. The lowest BCUT2D eigenvalue weighted by molar-refractivity contribution is 0.102. The van der Waals surface area contributed by atoms with E-state index in [1.54, 1.807) is 6.07 Å². The average molecular weight is 299 g/mol. The molecule has 2 rings (SSSR count). The molecule has 0 saturated heterocycles. The summed E-state index contributed by atoms with van der Waals surface area (Å²) in [6.07, 6.45) is 0. The van der Waals surface area contributed by atoms with Crippen LogP contribution in [0, 0.1) is 5.82 Å². The van der Waals surface area contributed by atoms with Crippen molar-refractivity contribution in [1.82, 2.24) is 0 Å². The van der Waals surface area contributed by atoms with Crippen LogP contribution in [0.25, 0.3) is 0 Å². The molecule has 0 fully saturated rings. The van der Waals surface area contributed by atoms with Crippen molar-refractivity contribution in [3.63, 3.8) is 0 Å². The van der Waals surface area contributed by atoms with Crippen LogP contribution in [-0.4, -0.2) is 5.91 Å². The highest BCUT2D eigenvalue weighted by molar-refractivity contribution is 6.31. The minimum absolute atomic E-state index is 0.194. The standard InChI is InChI=1S/C13H9Cl2FN2O/c14-7-1-2-11(12(17)5-7)13(19)18-10-4-8(15)3-9(16)6-10/h1-6H,17H2,(H,18,19). The van der Waals surface area contributed by atoms with Crippen molar-refractivity contribution in [3.8, 4) is 0 Å². The highest BCUT2D eigenvalue weighted by Gasteiger charge is 2.11. The molecule has 0 aliphatic carbocycles. The van der Waals surface area contributed by atoms with Crippen LogP contribution in [-0.2, 0) is 0 Å². The van der Waals surface area contributed by atoms with Crippen molar-refractivity contribution in [3.05, 3.63) is 57.8 Å². The van der Waals surface area contributed by atoms with Crippen LogP contribution in [0.1, 0.15) is 10.4 Å². The lowest BCUT2D eigenvalue weighted by Crippen LogP contribution is -2.14. The molecule has 2 aromatic carbocycles. The number of hydrogen-bond donors (Lipinski definition) is 2. The molecule has 3 N–H and O–H groups in total. The third-order valence-corrected chi connectivity index (χ3v) is 2.83. The minimum atomic E-state index is -0.535. The second kappa shape index (κ2) is 5.47. The molecule has 19 heavy (non-hydrogen) atoms. The zero-order valence-corrected chi connectivity index (χ0v) is 11.1. The van der Waals surface area contributed by atoms with Gasteiger partial charge in [-0.2, -0.15) is 0 Å². The second-order valence-corrected chi connectivity index (χ2v) is 4.72. The topological polar surface area (TPSA) is 55.1 Å². The van der Waals surface area contributed by atoms with Gasteiger partial charge in [-0.25, -0.2) is 4.39 Å². The van der Waals surface area contributed by atoms with Gasteiger partial charge >= 0.3 is 0 Å². The van der Waals surface area contributed by atoms with Crippen molar-refractivity contribution in [1.29, 1.82) is 0 Å². The molecule has 0 bridgehead atoms. The molecule has 98 valence electrons. The highest BCUT2D eigenvalue weighted by atomic mass is 35.5. The van der Waals surface area contributed by atoms with Gasteiger partial charge in [-0.15, -0.1) is 0 Å². The minimum Gasteiger partial charge on any atom is -0.398 e. The van der Waals surface area contributed by atoms with E-state index in [1.807, 2.05) is 0 Å². The Kier molecular flexibility index (Phi) is 3.93. The lowest BCUT2D eigenvalue weighted by atomic mass is 10.1. The van der Waals surface area contributed by atoms with E-state index < -0.39 is 11.7 Å². The molecule has 0 unspecified atom stereocenters. The van der Waals surface area contributed by atoms with Gasteiger partial charge in [-0.05, 0) is 36.4 Å². The molecule has 3 nitrogen and oxygen atoms in total. The third kappa shape index (κ3) is 3.36. The van der Waals surface area contributed by atoms with Crippen LogP contribution >= 0.6 is 23.2 Å². The molecule has 2 aromatic rings. The first kappa shape index (κ1) is 13.6. The maximum atomic E-state index is 13.1. The number of nitrogen functional groups attached to an aromatic ring is 1. The second-order valence-electron chi connectivity index (χ2n) is 3.84. The molecular weight excluding hydrogens is 290 g/mol. The van der Waals surface area contributed by atoms with Crippen LogP contribution in [0.15, 0.2) is 36.4 Å². The van der Waals surface area contributed by atoms with Crippen LogP contribution < -0.4 is 11.1 Å². The number of carbonyl (C=O) groups is 1. The van der Waals surface area contributed by atoms with Crippen LogP contribution in [0.3, 0.4) is 0 Å². The van der Waals surface area contributed by atoms with E-state index in [1.165, 1.54) is 18.2 Å². The summed E-state index contributed by atoms with van der Waals surface area (Å²) in [4.78, 5) is 12.0. The van der Waals surface area contributed by atoms with Crippen molar-refractivity contribution in [2.75, 3.05) is 11.1 Å². The number of nitrogens with one attached hydrogen (secondary N) is 1. The van der Waals surface area contributed by atoms with E-state index in [9.17, 15) is 9.18 Å². The quantitative estimate of drug-likeness (QED) is 0.824. The van der Waals surface area contributed by atoms with Gasteiger partial charge < -0.3 is 11.1 Å². The summed E-state index contributed by atoms with van der Waals surface area (Å²) < 4.78 is 13.1. The molecule has 1 amide bonds. The van der Waals surface area contributed by atoms with Crippen molar-refractivity contribution < 1.29 is 9.18 Å². The summed E-state index contributed by atoms with van der Waals surface area (Å²) in [6, 6.07) is 8.26. The summed E-state index contributed by atoms with van der Waals surface area (Å²) in [7, 11) is 0. The maximum Gasteiger partial charge on any atom is 0.257 e. The molecule has 0 heterocycles. The fourth-order valence-corrected chi connectivity index (χ4v) is 1.97. The summed E-state index contributed by atoms with van der Waals surface area (Å²) in [5.41, 5.74) is 6.44. The summed E-state index contributed by atoms with van der Waals surface area (Å²) in [6.45, 7) is 0. The molecule has 0 aliphatic heterocycles. The Balaban J connectivity index is 2.25. The van der Waals surface area contributed by atoms with E-state index in [4.69, 9.17) is 28.9 Å². The van der Waals surface area contributed by atoms with Gasteiger partial charge in [0, 0.05) is 21.4 Å². The van der Waals surface area contributed by atoms with Gasteiger partial charge in [-0.3, -0.25) is 4.79 Å². The molecule has 0 aliphatic rings. The van der Waals surface area contributed by atoms with E-state index in [-0.39, 0.29) is 22.0 Å². The highest BCUT2D eigenvalue weighted by Crippen LogP contribution is 2.21. The fourth-order valence-electron chi connectivity index (χ4n) is 1.56. The number of hydrogen-bond acceptors (Lipinski definition) is 2. The Morgan fingerprint density at radius 1 is 1.11 bits per heavy atom. The SMILES string of the molecule is Nc1cc(Cl)ccc1C(=O)Nc1cc(F)cc(Cl)c1. The van der Waals surface area contributed by atoms with E-state index in [0.29, 0.717) is 5.02 Å². The number of nitrogens with two attached hydrogens (primary N) is 1. The van der Waals surface area contributed by atoms with E-state index >= 15 is 0 Å². The molecule has 0 aromatic heterocycles. The third-order valence-electron chi connectivity index (χ3n) is 2.38. The van der Waals surface area contributed by atoms with Gasteiger partial charge in [0.25, 0.3) is 5.91 Å². The van der Waals surface area contributed by atoms with Crippen LogP contribution in [0.2, 0.25) is 10.0 Å². The number of amides is 1. The van der Waals surface area contributed by atoms with Gasteiger partial charge in [0.2, 0.25) is 0 Å². The van der Waals surface area contributed by atoms with Crippen molar-refractivity contribution in [2.45, 2.75) is 0 Å². The van der Waals surface area contributed by atoms with E-state index in [0.717, 1.165) is 12.1 Å². The number of halogens is 3. The zero-order valence-electron chi connectivity index (χ0n) is 9.58. The Bertz CT molecular complexity index is 626. The predicted octanol–water partition coefficient (Wildman–Crippen LogP) is 3.97.